The molecule has 3 fully saturated rings. The predicted molar refractivity (Wildman–Crippen MR) is 223 cm³/mol. The summed E-state index contributed by atoms with van der Waals surface area (Å²) in [6.07, 6.45) is 8.24. The van der Waals surface area contributed by atoms with Crippen molar-refractivity contribution in [1.82, 2.24) is 9.80 Å². The Kier molecular flexibility index (Phi) is 16.1. The maximum Gasteiger partial charge on any atom is 0.329 e. The van der Waals surface area contributed by atoms with E-state index in [1.165, 1.54) is 6.42 Å². The van der Waals surface area contributed by atoms with E-state index in [0.717, 1.165) is 88.2 Å². The zero-order valence-corrected chi connectivity index (χ0v) is 36.6. The molecule has 0 spiro atoms. The van der Waals surface area contributed by atoms with Crippen molar-refractivity contribution in [3.8, 4) is 17.2 Å². The SMILES string of the molecule is COc1ccc(CC[C@H](OC(=O)[C@H]2CCCCN2C(=O)[C@@H](C2CCCCC2)[C@@H](C)O[Si](C)(C)C(C)(C)C)c2cccc(OCCN3CCOCC3)c2)cc1OC. The fraction of sp³-hybridized carbons (Fsp3) is 0.689. The summed E-state index contributed by atoms with van der Waals surface area (Å²) in [6.45, 7) is 18.6. The zero-order valence-electron chi connectivity index (χ0n) is 35.6. The largest absolute Gasteiger partial charge is 0.493 e. The van der Waals surface area contributed by atoms with Crippen LogP contribution >= 0.6 is 0 Å². The van der Waals surface area contributed by atoms with Gasteiger partial charge >= 0.3 is 5.97 Å². The highest BCUT2D eigenvalue weighted by Gasteiger charge is 2.46. The number of morpholine rings is 1. The van der Waals surface area contributed by atoms with Gasteiger partial charge < -0.3 is 33.0 Å². The Morgan fingerprint density at radius 2 is 1.61 bits per heavy atom. The van der Waals surface area contributed by atoms with E-state index in [0.29, 0.717) is 43.9 Å². The van der Waals surface area contributed by atoms with Gasteiger partial charge in [-0.05, 0) is 111 Å². The topological polar surface area (TPSA) is 96.0 Å². The molecule has 3 aliphatic rings. The van der Waals surface area contributed by atoms with E-state index in [1.807, 2.05) is 47.4 Å². The van der Waals surface area contributed by atoms with Crippen LogP contribution in [-0.4, -0.2) is 102 Å². The van der Waals surface area contributed by atoms with Crippen LogP contribution in [0.4, 0.5) is 0 Å². The highest BCUT2D eigenvalue weighted by atomic mass is 28.4. The molecule has 0 unspecified atom stereocenters. The Labute approximate surface area is 338 Å². The number of amides is 1. The predicted octanol–water partition coefficient (Wildman–Crippen LogP) is 8.62. The molecule has 56 heavy (non-hydrogen) atoms. The van der Waals surface area contributed by atoms with Crippen molar-refractivity contribution < 1.29 is 37.7 Å². The third-order valence-electron chi connectivity index (χ3n) is 12.7. The Morgan fingerprint density at radius 3 is 2.30 bits per heavy atom. The minimum atomic E-state index is -2.15. The van der Waals surface area contributed by atoms with E-state index < -0.39 is 20.5 Å². The molecule has 1 amide bonds. The first-order valence-electron chi connectivity index (χ1n) is 21.2. The van der Waals surface area contributed by atoms with E-state index in [4.69, 9.17) is 28.1 Å². The van der Waals surface area contributed by atoms with Crippen molar-refractivity contribution in [2.75, 3.05) is 60.2 Å². The van der Waals surface area contributed by atoms with Crippen molar-refractivity contribution in [2.45, 2.75) is 128 Å². The maximum atomic E-state index is 14.9. The van der Waals surface area contributed by atoms with Crippen LogP contribution in [0, 0.1) is 11.8 Å². The number of nitrogens with zero attached hydrogens (tertiary/aromatic N) is 2. The lowest BCUT2D eigenvalue weighted by atomic mass is 9.76. The maximum absolute atomic E-state index is 14.9. The summed E-state index contributed by atoms with van der Waals surface area (Å²) in [5.74, 6) is 1.74. The third-order valence-corrected chi connectivity index (χ3v) is 17.3. The number of piperidine rings is 1. The highest BCUT2D eigenvalue weighted by molar-refractivity contribution is 6.74. The van der Waals surface area contributed by atoms with Crippen molar-refractivity contribution >= 4 is 20.2 Å². The van der Waals surface area contributed by atoms with Crippen LogP contribution in [0.25, 0.3) is 0 Å². The molecule has 10 nitrogen and oxygen atoms in total. The Morgan fingerprint density at radius 1 is 0.893 bits per heavy atom. The van der Waals surface area contributed by atoms with Crippen molar-refractivity contribution in [2.24, 2.45) is 11.8 Å². The third kappa shape index (κ3) is 11.7. The number of ether oxygens (including phenoxy) is 5. The lowest BCUT2D eigenvalue weighted by molar-refractivity contribution is -0.165. The summed E-state index contributed by atoms with van der Waals surface area (Å²) in [7, 11) is 1.10. The molecule has 2 aliphatic heterocycles. The number of benzene rings is 2. The number of carbonyl (C=O) groups is 2. The van der Waals surface area contributed by atoms with Crippen LogP contribution in [0.3, 0.4) is 0 Å². The van der Waals surface area contributed by atoms with Gasteiger partial charge in [0, 0.05) is 26.2 Å². The minimum Gasteiger partial charge on any atom is -0.493 e. The van der Waals surface area contributed by atoms with Crippen LogP contribution in [0.15, 0.2) is 42.5 Å². The molecule has 4 atom stereocenters. The van der Waals surface area contributed by atoms with Crippen molar-refractivity contribution in [3.63, 3.8) is 0 Å². The lowest BCUT2D eigenvalue weighted by Gasteiger charge is -2.44. The average molecular weight is 795 g/mol. The van der Waals surface area contributed by atoms with Crippen LogP contribution in [0.1, 0.15) is 103 Å². The van der Waals surface area contributed by atoms with Gasteiger partial charge in [-0.3, -0.25) is 9.69 Å². The molecule has 1 aliphatic carbocycles. The van der Waals surface area contributed by atoms with E-state index in [-0.39, 0.29) is 34.9 Å². The fourth-order valence-electron chi connectivity index (χ4n) is 8.39. The van der Waals surface area contributed by atoms with Gasteiger partial charge in [0.15, 0.2) is 19.8 Å². The van der Waals surface area contributed by atoms with Gasteiger partial charge in [-0.2, -0.15) is 0 Å². The second-order valence-electron chi connectivity index (χ2n) is 17.6. The van der Waals surface area contributed by atoms with Crippen molar-refractivity contribution in [3.05, 3.63) is 53.6 Å². The first kappa shape index (κ1) is 44.0. The first-order chi connectivity index (χ1) is 26.8. The zero-order chi connectivity index (χ0) is 40.3. The molecule has 0 aromatic heterocycles. The fourth-order valence-corrected chi connectivity index (χ4v) is 9.82. The summed E-state index contributed by atoms with van der Waals surface area (Å²) in [4.78, 5) is 33.7. The molecule has 2 heterocycles. The monoisotopic (exact) mass is 794 g/mol. The summed E-state index contributed by atoms with van der Waals surface area (Å²) < 4.78 is 36.3. The lowest BCUT2D eigenvalue weighted by Crippen LogP contribution is -2.55. The van der Waals surface area contributed by atoms with E-state index >= 15 is 0 Å². The van der Waals surface area contributed by atoms with Gasteiger partial charge in [0.1, 0.15) is 24.5 Å². The van der Waals surface area contributed by atoms with Crippen molar-refractivity contribution in [1.29, 1.82) is 0 Å². The molecule has 2 aromatic rings. The van der Waals surface area contributed by atoms with Gasteiger partial charge in [0.2, 0.25) is 5.91 Å². The number of carbonyl (C=O) groups excluding carboxylic acids is 2. The van der Waals surface area contributed by atoms with E-state index in [9.17, 15) is 9.59 Å². The summed E-state index contributed by atoms with van der Waals surface area (Å²) in [5, 5.41) is 0.0237. The highest BCUT2D eigenvalue weighted by Crippen LogP contribution is 2.42. The van der Waals surface area contributed by atoms with Crippen LogP contribution in [0.5, 0.6) is 17.2 Å². The molecular weight excluding hydrogens is 725 g/mol. The molecule has 1 saturated carbocycles. The number of methoxy groups -OCH3 is 2. The Bertz CT molecular complexity index is 1550. The van der Waals surface area contributed by atoms with E-state index in [1.54, 1.807) is 14.2 Å². The summed E-state index contributed by atoms with van der Waals surface area (Å²) in [5.41, 5.74) is 1.91. The van der Waals surface area contributed by atoms with E-state index in [2.05, 4.69) is 45.7 Å². The molecule has 5 rings (SSSR count). The molecule has 2 aromatic carbocycles. The summed E-state index contributed by atoms with van der Waals surface area (Å²) >= 11 is 0. The molecule has 312 valence electrons. The van der Waals surface area contributed by atoms with Crippen LogP contribution in [0.2, 0.25) is 18.1 Å². The first-order valence-corrected chi connectivity index (χ1v) is 24.1. The van der Waals surface area contributed by atoms with Crippen LogP contribution < -0.4 is 14.2 Å². The molecular formula is C45H70N2O8Si. The van der Waals surface area contributed by atoms with Gasteiger partial charge in [-0.15, -0.1) is 0 Å². The second kappa shape index (κ2) is 20.5. The Balaban J connectivity index is 1.37. The number of hydrogen-bond donors (Lipinski definition) is 0. The average Bonchev–Trinajstić information content (AvgIpc) is 3.19. The smallest absolute Gasteiger partial charge is 0.329 e. The van der Waals surface area contributed by atoms with Gasteiger partial charge in [-0.25, -0.2) is 4.79 Å². The normalized spacial score (nSPS) is 20.5. The molecule has 2 saturated heterocycles. The van der Waals surface area contributed by atoms with Gasteiger partial charge in [-0.1, -0.05) is 58.2 Å². The Hall–Kier alpha value is -3.12. The molecule has 0 N–H and O–H groups in total. The quantitative estimate of drug-likeness (QED) is 0.115. The number of rotatable bonds is 17. The molecule has 11 heteroatoms. The second-order valence-corrected chi connectivity index (χ2v) is 22.3. The van der Waals surface area contributed by atoms with Gasteiger partial charge in [0.05, 0.1) is 39.5 Å². The molecule has 0 radical (unpaired) electrons. The standard InChI is InChI=1S/C45H70N2O8Si/c1-33(55-56(7,8)45(2,3)4)42(35-15-10-9-11-16-35)43(48)47-24-13-12-19-38(47)44(49)54-39(22-20-34-21-23-40(50-5)41(31-34)51-6)36-17-14-18-37(32-36)53-30-27-46-25-28-52-29-26-46/h14,17-18,21,23,31-33,35,38-39,42H,9-13,15-16,19-20,22,24-30H2,1-8H3/t33-,38-,39+,42-/m1/s1. The minimum absolute atomic E-state index is 0.0237. The number of aryl methyl sites for hydroxylation is 1. The van der Waals surface area contributed by atoms with Crippen LogP contribution in [-0.2, 0) is 29.9 Å². The van der Waals surface area contributed by atoms with Gasteiger partial charge in [0.25, 0.3) is 0 Å². The molecule has 0 bridgehead atoms. The summed E-state index contributed by atoms with van der Waals surface area (Å²) in [6, 6.07) is 13.2. The number of esters is 1. The number of likely N-dealkylation sites (tertiary alicyclic amines) is 1. The number of hydrogen-bond acceptors (Lipinski definition) is 9.